The van der Waals surface area contributed by atoms with Crippen LogP contribution in [-0.4, -0.2) is 39.1 Å². The molecule has 0 bridgehead atoms. The number of benzene rings is 1. The van der Waals surface area contributed by atoms with E-state index >= 15 is 0 Å². The summed E-state index contributed by atoms with van der Waals surface area (Å²) in [5.41, 5.74) is 0.413. The lowest BCUT2D eigenvalue weighted by atomic mass is 10.3. The van der Waals surface area contributed by atoms with E-state index in [1.807, 2.05) is 0 Å². The molecule has 0 spiro atoms. The highest BCUT2D eigenvalue weighted by molar-refractivity contribution is 7.94. The van der Waals surface area contributed by atoms with Crippen LogP contribution in [0, 0.1) is 0 Å². The molecule has 10 heteroatoms. The Morgan fingerprint density at radius 3 is 2.33 bits per heavy atom. The Morgan fingerprint density at radius 2 is 1.83 bits per heavy atom. The third-order valence-electron chi connectivity index (χ3n) is 2.61. The van der Waals surface area contributed by atoms with Gasteiger partial charge in [0.05, 0.1) is 11.5 Å². The van der Waals surface area contributed by atoms with Gasteiger partial charge in [0.1, 0.15) is 12.4 Å². The van der Waals surface area contributed by atoms with E-state index in [4.69, 9.17) is 9.84 Å². The maximum atomic E-state index is 12.1. The van der Waals surface area contributed by atoms with E-state index in [2.05, 4.69) is 4.74 Å². The number of carboxylic acids is 1. The molecule has 134 valence electrons. The molecule has 0 aliphatic carbocycles. The van der Waals surface area contributed by atoms with Crippen molar-refractivity contribution in [2.75, 3.05) is 13.2 Å². The van der Waals surface area contributed by atoms with Crippen molar-refractivity contribution < 1.29 is 41.0 Å². The van der Waals surface area contributed by atoms with Gasteiger partial charge in [-0.05, 0) is 37.6 Å². The van der Waals surface area contributed by atoms with Gasteiger partial charge >= 0.3 is 12.3 Å². The summed E-state index contributed by atoms with van der Waals surface area (Å²) in [6, 6.07) is 3.81. The fraction of sp³-hybridized carbons (Fsp3) is 0.357. The topological polar surface area (TPSA) is 89.9 Å². The Hall–Kier alpha value is -2.07. The number of carbonyl (C=O) groups is 1. The van der Waals surface area contributed by atoms with Gasteiger partial charge < -0.3 is 14.6 Å². The molecule has 0 aliphatic rings. The number of halogens is 3. The van der Waals surface area contributed by atoms with E-state index in [9.17, 15) is 26.4 Å². The summed E-state index contributed by atoms with van der Waals surface area (Å²) in [5.74, 6) is -1.66. The van der Waals surface area contributed by atoms with Gasteiger partial charge in [-0.2, -0.15) is 0 Å². The molecular formula is C14H15F3O6S. The number of ether oxygens (including phenoxy) is 2. The average molecular weight is 368 g/mol. The monoisotopic (exact) mass is 368 g/mol. The number of rotatable bonds is 8. The first-order chi connectivity index (χ1) is 11.0. The Labute approximate surface area is 136 Å². The van der Waals surface area contributed by atoms with Gasteiger partial charge in [-0.3, -0.25) is 0 Å². The van der Waals surface area contributed by atoms with E-state index in [1.165, 1.54) is 6.92 Å². The number of hydrogen-bond donors (Lipinski definition) is 1. The maximum Gasteiger partial charge on any atom is 0.573 e. The predicted octanol–water partition coefficient (Wildman–Crippen LogP) is 2.75. The zero-order valence-corrected chi connectivity index (χ0v) is 13.4. The molecule has 0 amide bonds. The third kappa shape index (κ3) is 7.47. The Kier molecular flexibility index (Phi) is 6.79. The summed E-state index contributed by atoms with van der Waals surface area (Å²) in [6.45, 7) is 1.06. The fourth-order valence-corrected chi connectivity index (χ4v) is 2.91. The zero-order chi connectivity index (χ0) is 18.4. The zero-order valence-electron chi connectivity index (χ0n) is 12.5. The number of carboxylic acid groups (broad SMARTS) is 1. The average Bonchev–Trinajstić information content (AvgIpc) is 2.41. The van der Waals surface area contributed by atoms with Gasteiger partial charge in [-0.1, -0.05) is 5.57 Å². The van der Waals surface area contributed by atoms with E-state index < -0.39 is 34.5 Å². The van der Waals surface area contributed by atoms with Crippen molar-refractivity contribution in [3.05, 3.63) is 35.2 Å². The number of aliphatic carboxylic acids is 1. The second kappa shape index (κ2) is 8.15. The Morgan fingerprint density at radius 1 is 1.25 bits per heavy atom. The Bertz CT molecular complexity index is 692. The van der Waals surface area contributed by atoms with Crippen molar-refractivity contribution >= 4 is 15.8 Å². The molecule has 1 aromatic carbocycles. The summed E-state index contributed by atoms with van der Waals surface area (Å²) in [4.78, 5) is 10.1. The Balaban J connectivity index is 2.73. The van der Waals surface area contributed by atoms with Crippen LogP contribution in [0.15, 0.2) is 40.1 Å². The summed E-state index contributed by atoms with van der Waals surface area (Å²) >= 11 is 0. The van der Waals surface area contributed by atoms with E-state index in [1.54, 1.807) is 0 Å². The molecule has 1 aromatic rings. The van der Waals surface area contributed by atoms with Gasteiger partial charge in [-0.25, -0.2) is 13.2 Å². The van der Waals surface area contributed by atoms with Crippen molar-refractivity contribution in [1.82, 2.24) is 0 Å². The second-order valence-electron chi connectivity index (χ2n) is 4.72. The van der Waals surface area contributed by atoms with Crippen molar-refractivity contribution in [3.8, 4) is 5.75 Å². The van der Waals surface area contributed by atoms with Crippen LogP contribution in [0.4, 0.5) is 13.2 Å². The first-order valence-corrected chi connectivity index (χ1v) is 8.12. The number of alkyl halides is 3. The first-order valence-electron chi connectivity index (χ1n) is 6.57. The largest absolute Gasteiger partial charge is 0.573 e. The second-order valence-corrected chi connectivity index (χ2v) is 6.52. The third-order valence-corrected chi connectivity index (χ3v) is 4.25. The van der Waals surface area contributed by atoms with Gasteiger partial charge in [0.15, 0.2) is 9.84 Å². The van der Waals surface area contributed by atoms with Crippen LogP contribution in [0.1, 0.15) is 13.3 Å². The lowest BCUT2D eigenvalue weighted by Crippen LogP contribution is -2.17. The summed E-state index contributed by atoms with van der Waals surface area (Å²) < 4.78 is 68.8. The molecule has 0 atom stereocenters. The highest BCUT2D eigenvalue weighted by Crippen LogP contribution is 2.24. The lowest BCUT2D eigenvalue weighted by Gasteiger charge is -2.09. The molecular weight excluding hydrogens is 353 g/mol. The van der Waals surface area contributed by atoms with Crippen LogP contribution in [-0.2, 0) is 19.4 Å². The van der Waals surface area contributed by atoms with Crippen LogP contribution < -0.4 is 4.74 Å². The minimum absolute atomic E-state index is 0.0303. The van der Waals surface area contributed by atoms with Crippen LogP contribution in [0.25, 0.3) is 0 Å². The molecule has 0 unspecified atom stereocenters. The van der Waals surface area contributed by atoms with Gasteiger partial charge in [0, 0.05) is 5.41 Å². The van der Waals surface area contributed by atoms with Gasteiger partial charge in [0.25, 0.3) is 0 Å². The quantitative estimate of drug-likeness (QED) is 0.710. The molecule has 0 aliphatic heterocycles. The highest BCUT2D eigenvalue weighted by Gasteiger charge is 2.31. The maximum absolute atomic E-state index is 12.1. The molecule has 1 N–H and O–H groups in total. The van der Waals surface area contributed by atoms with Gasteiger partial charge in [0.2, 0.25) is 0 Å². The van der Waals surface area contributed by atoms with Crippen molar-refractivity contribution in [3.63, 3.8) is 0 Å². The molecule has 0 saturated heterocycles. The molecule has 6 nitrogen and oxygen atoms in total. The van der Waals surface area contributed by atoms with E-state index in [0.29, 0.717) is 5.57 Å². The van der Waals surface area contributed by atoms with Crippen molar-refractivity contribution in [1.29, 1.82) is 0 Å². The standard InChI is InChI=1S/C14H15F3O6S/c1-10(6-7-22-8-13(18)19)9-24(20,21)12-4-2-11(3-5-12)23-14(15,16)17/h2-5,9H,6-8H2,1H3,(H,18,19)/b10-9+. The van der Waals surface area contributed by atoms with Crippen LogP contribution in [0.2, 0.25) is 0 Å². The first kappa shape index (κ1) is 20.0. The summed E-state index contributed by atoms with van der Waals surface area (Å²) in [7, 11) is -3.84. The van der Waals surface area contributed by atoms with Gasteiger partial charge in [-0.15, -0.1) is 13.2 Å². The van der Waals surface area contributed by atoms with Crippen LogP contribution in [0.5, 0.6) is 5.75 Å². The van der Waals surface area contributed by atoms with Crippen LogP contribution >= 0.6 is 0 Å². The molecule has 24 heavy (non-hydrogen) atoms. The van der Waals surface area contributed by atoms with Crippen molar-refractivity contribution in [2.24, 2.45) is 0 Å². The normalized spacial score (nSPS) is 12.9. The molecule has 0 aromatic heterocycles. The van der Waals surface area contributed by atoms with Crippen LogP contribution in [0.3, 0.4) is 0 Å². The van der Waals surface area contributed by atoms with Crippen molar-refractivity contribution in [2.45, 2.75) is 24.6 Å². The molecule has 1 rings (SSSR count). The predicted molar refractivity (Wildman–Crippen MR) is 77.1 cm³/mol. The molecule has 0 fully saturated rings. The lowest BCUT2D eigenvalue weighted by molar-refractivity contribution is -0.274. The highest BCUT2D eigenvalue weighted by atomic mass is 32.2. The fourth-order valence-electron chi connectivity index (χ4n) is 1.62. The number of hydrogen-bond acceptors (Lipinski definition) is 5. The smallest absolute Gasteiger partial charge is 0.480 e. The summed E-state index contributed by atoms with van der Waals surface area (Å²) in [6.07, 6.45) is -4.66. The SMILES string of the molecule is C/C(=C\S(=O)(=O)c1ccc(OC(F)(F)F)cc1)CCOCC(=O)O. The molecule has 0 radical (unpaired) electrons. The van der Waals surface area contributed by atoms with E-state index in [-0.39, 0.29) is 17.9 Å². The minimum atomic E-state index is -4.85. The number of sulfone groups is 1. The molecule has 0 saturated carbocycles. The molecule has 0 heterocycles. The van der Waals surface area contributed by atoms with E-state index in [0.717, 1.165) is 29.7 Å². The summed E-state index contributed by atoms with van der Waals surface area (Å²) in [5, 5.41) is 9.35. The minimum Gasteiger partial charge on any atom is -0.480 e.